The van der Waals surface area contributed by atoms with Crippen molar-refractivity contribution in [2.75, 3.05) is 5.32 Å². The Balaban J connectivity index is 2.36. The van der Waals surface area contributed by atoms with Crippen LogP contribution in [0.1, 0.15) is 12.6 Å². The zero-order valence-corrected chi connectivity index (χ0v) is 10.1. The minimum absolute atomic E-state index is 0.0524. The third-order valence-corrected chi connectivity index (χ3v) is 2.48. The second-order valence-corrected chi connectivity index (χ2v) is 3.77. The molecule has 0 unspecified atom stereocenters. The quantitative estimate of drug-likeness (QED) is 0.659. The molecule has 0 aliphatic heterocycles. The van der Waals surface area contributed by atoms with E-state index in [9.17, 15) is 10.1 Å². The summed E-state index contributed by atoms with van der Waals surface area (Å²) in [5.74, 6) is 0.227. The van der Waals surface area contributed by atoms with Crippen molar-refractivity contribution in [2.24, 2.45) is 7.05 Å². The normalized spacial score (nSPS) is 10.3. The molecule has 7 nitrogen and oxygen atoms in total. The molecule has 2 aromatic rings. The van der Waals surface area contributed by atoms with Crippen molar-refractivity contribution >= 4 is 17.2 Å². The predicted molar refractivity (Wildman–Crippen MR) is 66.8 cm³/mol. The number of anilines is 2. The zero-order valence-electron chi connectivity index (χ0n) is 10.1. The SMILES string of the molecule is CCc1nn(C)cc1Nc1ncccc1[N+](=O)[O-]. The lowest BCUT2D eigenvalue weighted by molar-refractivity contribution is -0.384. The van der Waals surface area contributed by atoms with Gasteiger partial charge in [-0.3, -0.25) is 14.8 Å². The first-order chi connectivity index (χ1) is 8.61. The van der Waals surface area contributed by atoms with Gasteiger partial charge in [0.15, 0.2) is 0 Å². The highest BCUT2D eigenvalue weighted by atomic mass is 16.6. The fourth-order valence-electron chi connectivity index (χ4n) is 1.67. The van der Waals surface area contributed by atoms with E-state index in [-0.39, 0.29) is 11.5 Å². The third-order valence-electron chi connectivity index (χ3n) is 2.48. The van der Waals surface area contributed by atoms with Gasteiger partial charge in [-0.05, 0) is 12.5 Å². The zero-order chi connectivity index (χ0) is 13.1. The van der Waals surface area contributed by atoms with Crippen molar-refractivity contribution in [1.82, 2.24) is 14.8 Å². The molecule has 0 aromatic carbocycles. The van der Waals surface area contributed by atoms with Gasteiger partial charge >= 0.3 is 5.69 Å². The number of nitro groups is 1. The molecule has 0 radical (unpaired) electrons. The maximum atomic E-state index is 10.9. The molecule has 0 saturated carbocycles. The standard InChI is InChI=1S/C11H13N5O2/c1-3-8-9(7-15(2)14-8)13-11-10(16(17)18)5-4-6-12-11/h4-7H,3H2,1-2H3,(H,12,13). The summed E-state index contributed by atoms with van der Waals surface area (Å²) < 4.78 is 1.66. The second kappa shape index (κ2) is 4.82. The molecule has 0 fully saturated rings. The Morgan fingerprint density at radius 1 is 1.56 bits per heavy atom. The van der Waals surface area contributed by atoms with Crippen molar-refractivity contribution < 1.29 is 4.92 Å². The second-order valence-electron chi connectivity index (χ2n) is 3.77. The molecule has 1 N–H and O–H groups in total. The number of aromatic nitrogens is 3. The van der Waals surface area contributed by atoms with Crippen molar-refractivity contribution in [1.29, 1.82) is 0 Å². The monoisotopic (exact) mass is 247 g/mol. The molecule has 2 heterocycles. The van der Waals surface area contributed by atoms with E-state index in [1.54, 1.807) is 17.9 Å². The van der Waals surface area contributed by atoms with Gasteiger partial charge in [0, 0.05) is 25.5 Å². The Hall–Kier alpha value is -2.44. The summed E-state index contributed by atoms with van der Waals surface area (Å²) in [4.78, 5) is 14.4. The highest BCUT2D eigenvalue weighted by Crippen LogP contribution is 2.26. The Labute approximate surface area is 104 Å². The predicted octanol–water partition coefficient (Wildman–Crippen LogP) is 2.03. The minimum Gasteiger partial charge on any atom is -0.332 e. The fourth-order valence-corrected chi connectivity index (χ4v) is 1.67. The first-order valence-electron chi connectivity index (χ1n) is 5.50. The average Bonchev–Trinajstić information content (AvgIpc) is 2.70. The topological polar surface area (TPSA) is 85.9 Å². The molecule has 0 amide bonds. The van der Waals surface area contributed by atoms with Crippen LogP contribution in [0.5, 0.6) is 0 Å². The van der Waals surface area contributed by atoms with Crippen LogP contribution >= 0.6 is 0 Å². The summed E-state index contributed by atoms with van der Waals surface area (Å²) in [6.07, 6.45) is 4.03. The van der Waals surface area contributed by atoms with Crippen LogP contribution in [0.4, 0.5) is 17.2 Å². The lowest BCUT2D eigenvalue weighted by Crippen LogP contribution is -2.00. The maximum absolute atomic E-state index is 10.9. The summed E-state index contributed by atoms with van der Waals surface area (Å²) in [6, 6.07) is 2.95. The van der Waals surface area contributed by atoms with Gasteiger partial charge < -0.3 is 5.32 Å². The summed E-state index contributed by atoms with van der Waals surface area (Å²) in [7, 11) is 1.80. The number of hydrogen-bond acceptors (Lipinski definition) is 5. The molecule has 0 aliphatic rings. The van der Waals surface area contributed by atoms with E-state index in [1.165, 1.54) is 18.3 Å². The molecule has 0 bridgehead atoms. The summed E-state index contributed by atoms with van der Waals surface area (Å²) >= 11 is 0. The molecule has 0 spiro atoms. The molecular weight excluding hydrogens is 234 g/mol. The van der Waals surface area contributed by atoms with Crippen LogP contribution in [0.15, 0.2) is 24.5 Å². The first kappa shape index (κ1) is 12.0. The molecule has 2 rings (SSSR count). The van der Waals surface area contributed by atoms with Crippen LogP contribution in [-0.2, 0) is 13.5 Å². The van der Waals surface area contributed by atoms with Crippen LogP contribution < -0.4 is 5.32 Å². The molecule has 0 aliphatic carbocycles. The highest BCUT2D eigenvalue weighted by Gasteiger charge is 2.16. The number of aryl methyl sites for hydroxylation is 2. The number of pyridine rings is 1. The highest BCUT2D eigenvalue weighted by molar-refractivity contribution is 5.66. The molecular formula is C11H13N5O2. The number of hydrogen-bond donors (Lipinski definition) is 1. The molecule has 18 heavy (non-hydrogen) atoms. The van der Waals surface area contributed by atoms with Gasteiger partial charge in [-0.2, -0.15) is 5.10 Å². The summed E-state index contributed by atoms with van der Waals surface area (Å²) in [5, 5.41) is 18.1. The van der Waals surface area contributed by atoms with E-state index in [2.05, 4.69) is 15.4 Å². The van der Waals surface area contributed by atoms with Crippen LogP contribution in [0.2, 0.25) is 0 Å². The molecule has 2 aromatic heterocycles. The Morgan fingerprint density at radius 3 is 3.00 bits per heavy atom. The smallest absolute Gasteiger partial charge is 0.311 e. The minimum atomic E-state index is -0.461. The van der Waals surface area contributed by atoms with Crippen LogP contribution in [0.25, 0.3) is 0 Å². The first-order valence-corrected chi connectivity index (χ1v) is 5.50. The Bertz CT molecular complexity index is 579. The van der Waals surface area contributed by atoms with Gasteiger partial charge in [-0.15, -0.1) is 0 Å². The Kier molecular flexibility index (Phi) is 3.22. The van der Waals surface area contributed by atoms with Crippen molar-refractivity contribution in [2.45, 2.75) is 13.3 Å². The van der Waals surface area contributed by atoms with E-state index in [4.69, 9.17) is 0 Å². The van der Waals surface area contributed by atoms with Gasteiger partial charge in [0.1, 0.15) is 0 Å². The molecule has 0 atom stereocenters. The van der Waals surface area contributed by atoms with E-state index < -0.39 is 4.92 Å². The molecule has 7 heteroatoms. The average molecular weight is 247 g/mol. The van der Waals surface area contributed by atoms with E-state index in [1.807, 2.05) is 6.92 Å². The number of nitrogens with zero attached hydrogens (tertiary/aromatic N) is 4. The van der Waals surface area contributed by atoms with Gasteiger partial charge in [0.05, 0.1) is 16.3 Å². The lowest BCUT2D eigenvalue weighted by atomic mass is 10.3. The largest absolute Gasteiger partial charge is 0.332 e. The van der Waals surface area contributed by atoms with Gasteiger partial charge in [-0.25, -0.2) is 4.98 Å². The Morgan fingerprint density at radius 2 is 2.33 bits per heavy atom. The number of nitrogens with one attached hydrogen (secondary N) is 1. The van der Waals surface area contributed by atoms with Crippen LogP contribution in [-0.4, -0.2) is 19.7 Å². The third kappa shape index (κ3) is 2.29. The van der Waals surface area contributed by atoms with Crippen LogP contribution in [0.3, 0.4) is 0 Å². The summed E-state index contributed by atoms with van der Waals surface area (Å²) in [5.41, 5.74) is 1.53. The van der Waals surface area contributed by atoms with E-state index in [0.717, 1.165) is 17.8 Å². The van der Waals surface area contributed by atoms with Crippen molar-refractivity contribution in [3.05, 3.63) is 40.3 Å². The van der Waals surface area contributed by atoms with Crippen LogP contribution in [0, 0.1) is 10.1 Å². The van der Waals surface area contributed by atoms with Crippen molar-refractivity contribution in [3.8, 4) is 0 Å². The summed E-state index contributed by atoms with van der Waals surface area (Å²) in [6.45, 7) is 1.97. The van der Waals surface area contributed by atoms with Gasteiger partial charge in [-0.1, -0.05) is 6.92 Å². The number of rotatable bonds is 4. The fraction of sp³-hybridized carbons (Fsp3) is 0.273. The molecule has 0 saturated heterocycles. The molecule has 94 valence electrons. The van der Waals surface area contributed by atoms with Gasteiger partial charge in [0.25, 0.3) is 0 Å². The van der Waals surface area contributed by atoms with Crippen molar-refractivity contribution in [3.63, 3.8) is 0 Å². The van der Waals surface area contributed by atoms with Gasteiger partial charge in [0.2, 0.25) is 5.82 Å². The van der Waals surface area contributed by atoms with E-state index in [0.29, 0.717) is 0 Å². The van der Waals surface area contributed by atoms with E-state index >= 15 is 0 Å². The lowest BCUT2D eigenvalue weighted by Gasteiger charge is -2.04. The maximum Gasteiger partial charge on any atom is 0.311 e.